The van der Waals surface area contributed by atoms with E-state index in [1.165, 1.54) is 0 Å². The van der Waals surface area contributed by atoms with Crippen LogP contribution in [-0.4, -0.2) is 48.0 Å². The number of nitrogens with one attached hydrogen (secondary N) is 1. The molecule has 0 aliphatic carbocycles. The summed E-state index contributed by atoms with van der Waals surface area (Å²) in [6.07, 6.45) is 0. The van der Waals surface area contributed by atoms with E-state index in [4.69, 9.17) is 0 Å². The molecule has 1 saturated heterocycles. The fourth-order valence-electron chi connectivity index (χ4n) is 1.52. The molecular weight excluding hydrogens is 170 g/mol. The van der Waals surface area contributed by atoms with Crippen molar-refractivity contribution in [2.45, 2.75) is 18.2 Å². The van der Waals surface area contributed by atoms with Crippen LogP contribution in [-0.2, 0) is 0 Å². The van der Waals surface area contributed by atoms with E-state index in [9.17, 15) is 0 Å². The predicted octanol–water partition coefficient (Wildman–Crippen LogP) is 0.381. The number of nitrogens with zero attached hydrogens (tertiary/aromatic N) is 2. The van der Waals surface area contributed by atoms with Crippen molar-refractivity contribution in [1.82, 2.24) is 10.2 Å². The summed E-state index contributed by atoms with van der Waals surface area (Å²) in [6.45, 7) is 5.52. The monoisotopic (exact) mass is 185 g/mol. The Morgan fingerprint density at radius 1 is 1.58 bits per heavy atom. The lowest BCUT2D eigenvalue weighted by Crippen LogP contribution is -2.56. The number of likely N-dealkylation sites (N-methyl/N-ethyl adjacent to an activating group) is 1. The van der Waals surface area contributed by atoms with Crippen molar-refractivity contribution >= 4 is 16.9 Å². The maximum absolute atomic E-state index is 4.41. The molecule has 2 aliphatic rings. The van der Waals surface area contributed by atoms with Crippen LogP contribution in [0.25, 0.3) is 0 Å². The Bertz CT molecular complexity index is 198. The zero-order valence-corrected chi connectivity index (χ0v) is 8.40. The van der Waals surface area contributed by atoms with Gasteiger partial charge in [-0.25, -0.2) is 0 Å². The van der Waals surface area contributed by atoms with Gasteiger partial charge in [0.15, 0.2) is 5.17 Å². The summed E-state index contributed by atoms with van der Waals surface area (Å²) in [7, 11) is 2.14. The highest BCUT2D eigenvalue weighted by atomic mass is 32.2. The summed E-state index contributed by atoms with van der Waals surface area (Å²) in [5.74, 6) is 0. The number of rotatable bonds is 1. The lowest BCUT2D eigenvalue weighted by atomic mass is 10.1. The first kappa shape index (κ1) is 8.38. The van der Waals surface area contributed by atoms with E-state index in [-0.39, 0.29) is 0 Å². The van der Waals surface area contributed by atoms with Gasteiger partial charge in [-0.1, -0.05) is 18.7 Å². The molecule has 3 nitrogen and oxygen atoms in total. The third kappa shape index (κ3) is 1.75. The minimum Gasteiger partial charge on any atom is -0.360 e. The first-order chi connectivity index (χ1) is 5.74. The van der Waals surface area contributed by atoms with Gasteiger partial charge in [0.05, 0.1) is 12.6 Å². The molecule has 0 radical (unpaired) electrons. The van der Waals surface area contributed by atoms with Crippen LogP contribution in [0.3, 0.4) is 0 Å². The zero-order valence-electron chi connectivity index (χ0n) is 7.58. The van der Waals surface area contributed by atoms with Crippen molar-refractivity contribution in [2.75, 3.05) is 26.7 Å². The third-order valence-corrected chi connectivity index (χ3v) is 3.22. The molecule has 0 aromatic heterocycles. The number of hydrogen-bond acceptors (Lipinski definition) is 4. The fraction of sp³-hybridized carbons (Fsp3) is 0.875. The molecule has 0 spiro atoms. The largest absolute Gasteiger partial charge is 0.360 e. The number of likely N-dealkylation sites (tertiary alicyclic amines) is 1. The van der Waals surface area contributed by atoms with Crippen LogP contribution >= 0.6 is 11.8 Å². The van der Waals surface area contributed by atoms with Gasteiger partial charge in [0, 0.05) is 18.3 Å². The lowest BCUT2D eigenvalue weighted by molar-refractivity contribution is 0.178. The van der Waals surface area contributed by atoms with E-state index in [1.54, 1.807) is 0 Å². The average Bonchev–Trinajstić information content (AvgIpc) is 2.33. The molecule has 0 amide bonds. The second-order valence-corrected chi connectivity index (χ2v) is 5.06. The van der Waals surface area contributed by atoms with Gasteiger partial charge in [0.1, 0.15) is 0 Å². The van der Waals surface area contributed by atoms with Crippen LogP contribution in [0.1, 0.15) is 6.92 Å². The Balaban J connectivity index is 1.74. The summed E-state index contributed by atoms with van der Waals surface area (Å²) >= 11 is 1.86. The number of aliphatic imine (C=N–C) groups is 1. The van der Waals surface area contributed by atoms with Gasteiger partial charge in [0.25, 0.3) is 0 Å². The zero-order chi connectivity index (χ0) is 8.55. The maximum atomic E-state index is 4.41. The van der Waals surface area contributed by atoms with Gasteiger partial charge in [-0.05, 0) is 7.05 Å². The first-order valence-corrected chi connectivity index (χ1v) is 5.28. The average molecular weight is 185 g/mol. The minimum absolute atomic E-state index is 0.645. The number of amidine groups is 1. The smallest absolute Gasteiger partial charge is 0.157 e. The van der Waals surface area contributed by atoms with E-state index >= 15 is 0 Å². The number of hydrogen-bond donors (Lipinski definition) is 1. The molecule has 0 aromatic rings. The van der Waals surface area contributed by atoms with Crippen LogP contribution in [0, 0.1) is 0 Å². The normalized spacial score (nSPS) is 31.5. The Hall–Kier alpha value is -0.220. The van der Waals surface area contributed by atoms with Gasteiger partial charge >= 0.3 is 0 Å². The molecule has 1 fully saturated rings. The highest BCUT2D eigenvalue weighted by Gasteiger charge is 2.25. The Labute approximate surface area is 77.6 Å². The quantitative estimate of drug-likeness (QED) is 0.640. The third-order valence-electron chi connectivity index (χ3n) is 2.20. The molecule has 1 N–H and O–H groups in total. The predicted molar refractivity (Wildman–Crippen MR) is 53.8 cm³/mol. The highest BCUT2D eigenvalue weighted by Crippen LogP contribution is 2.19. The minimum atomic E-state index is 0.645. The van der Waals surface area contributed by atoms with E-state index in [1.807, 2.05) is 11.8 Å². The van der Waals surface area contributed by atoms with E-state index in [2.05, 4.69) is 29.2 Å². The summed E-state index contributed by atoms with van der Waals surface area (Å²) in [4.78, 5) is 6.72. The molecule has 68 valence electrons. The first-order valence-electron chi connectivity index (χ1n) is 4.40. The van der Waals surface area contributed by atoms with Crippen LogP contribution in [0.4, 0.5) is 0 Å². The van der Waals surface area contributed by atoms with Crippen molar-refractivity contribution in [3.63, 3.8) is 0 Å². The molecular formula is C8H15N3S. The molecule has 0 saturated carbocycles. The van der Waals surface area contributed by atoms with Crippen LogP contribution in [0.15, 0.2) is 4.99 Å². The van der Waals surface area contributed by atoms with E-state index in [0.717, 1.165) is 24.8 Å². The van der Waals surface area contributed by atoms with Crippen molar-refractivity contribution in [3.8, 4) is 0 Å². The second-order valence-electron chi connectivity index (χ2n) is 3.64. The fourth-order valence-corrected chi connectivity index (χ4v) is 2.44. The molecule has 4 heteroatoms. The van der Waals surface area contributed by atoms with Crippen LogP contribution < -0.4 is 5.32 Å². The van der Waals surface area contributed by atoms with Crippen molar-refractivity contribution in [3.05, 3.63) is 0 Å². The molecule has 2 aliphatic heterocycles. The van der Waals surface area contributed by atoms with Gasteiger partial charge in [0.2, 0.25) is 0 Å². The molecule has 2 rings (SSSR count). The Morgan fingerprint density at radius 3 is 2.83 bits per heavy atom. The Kier molecular flexibility index (Phi) is 2.28. The second kappa shape index (κ2) is 3.26. The van der Waals surface area contributed by atoms with Gasteiger partial charge in [-0.15, -0.1) is 0 Å². The molecule has 0 bridgehead atoms. The van der Waals surface area contributed by atoms with Crippen LogP contribution in [0.5, 0.6) is 0 Å². The molecule has 2 heterocycles. The van der Waals surface area contributed by atoms with Crippen molar-refractivity contribution < 1.29 is 0 Å². The summed E-state index contributed by atoms with van der Waals surface area (Å²) in [5.41, 5.74) is 0. The SMILES string of the molecule is CC1CN=C(NC2CN(C)C2)S1. The molecule has 1 atom stereocenters. The van der Waals surface area contributed by atoms with E-state index < -0.39 is 0 Å². The highest BCUT2D eigenvalue weighted by molar-refractivity contribution is 8.14. The van der Waals surface area contributed by atoms with Crippen LogP contribution in [0.2, 0.25) is 0 Å². The molecule has 12 heavy (non-hydrogen) atoms. The lowest BCUT2D eigenvalue weighted by Gasteiger charge is -2.36. The maximum Gasteiger partial charge on any atom is 0.157 e. The van der Waals surface area contributed by atoms with Gasteiger partial charge in [-0.2, -0.15) is 0 Å². The van der Waals surface area contributed by atoms with Crippen molar-refractivity contribution in [2.24, 2.45) is 4.99 Å². The number of thioether (sulfide) groups is 1. The summed E-state index contributed by atoms with van der Waals surface area (Å²) in [5, 5.41) is 5.27. The van der Waals surface area contributed by atoms with Gasteiger partial charge in [-0.3, -0.25) is 4.99 Å². The standard InChI is InChI=1S/C8H15N3S/c1-6-3-9-8(12-6)10-7-4-11(2)5-7/h6-7H,3-5H2,1-2H3,(H,9,10). The van der Waals surface area contributed by atoms with Crippen molar-refractivity contribution in [1.29, 1.82) is 0 Å². The van der Waals surface area contributed by atoms with E-state index in [0.29, 0.717) is 11.3 Å². The topological polar surface area (TPSA) is 27.6 Å². The van der Waals surface area contributed by atoms with Gasteiger partial charge < -0.3 is 10.2 Å². The summed E-state index contributed by atoms with van der Waals surface area (Å²) < 4.78 is 0. The molecule has 1 unspecified atom stereocenters. The Morgan fingerprint density at radius 2 is 2.33 bits per heavy atom. The molecule has 0 aromatic carbocycles. The summed E-state index contributed by atoms with van der Waals surface area (Å²) in [6, 6.07) is 0.645.